The zero-order chi connectivity index (χ0) is 11.7. The smallest absolute Gasteiger partial charge is 0.112 e. The maximum Gasteiger partial charge on any atom is 0.112 e. The lowest BCUT2D eigenvalue weighted by atomic mass is 9.62. The van der Waals surface area contributed by atoms with Gasteiger partial charge in [-0.25, -0.2) is 0 Å². The number of nitriles is 1. The van der Waals surface area contributed by atoms with Crippen molar-refractivity contribution in [2.24, 2.45) is 11.3 Å². The Labute approximate surface area is 94.3 Å². The van der Waals surface area contributed by atoms with Crippen molar-refractivity contribution >= 4 is 0 Å². The Balaban J connectivity index is 3.06. The summed E-state index contributed by atoms with van der Waals surface area (Å²) in [7, 11) is 4.10. The number of hydrogen-bond donors (Lipinski definition) is 0. The summed E-state index contributed by atoms with van der Waals surface area (Å²) in [5, 5.41) is 9.55. The SMILES string of the molecule is CN(C)C1(C#N)CCCCC1C(C)(C)C. The summed E-state index contributed by atoms with van der Waals surface area (Å²) < 4.78 is 0. The monoisotopic (exact) mass is 208 g/mol. The second-order valence-corrected chi connectivity index (χ2v) is 6.09. The second kappa shape index (κ2) is 4.14. The maximum atomic E-state index is 9.55. The van der Waals surface area contributed by atoms with Crippen LogP contribution in [0, 0.1) is 22.7 Å². The summed E-state index contributed by atoms with van der Waals surface area (Å²) in [6.45, 7) is 6.79. The molecule has 1 aliphatic rings. The molecule has 1 fully saturated rings. The lowest BCUT2D eigenvalue weighted by molar-refractivity contribution is 0.0205. The van der Waals surface area contributed by atoms with E-state index in [2.05, 4.69) is 31.7 Å². The summed E-state index contributed by atoms with van der Waals surface area (Å²) in [4.78, 5) is 2.14. The van der Waals surface area contributed by atoms with Gasteiger partial charge in [-0.15, -0.1) is 0 Å². The molecule has 0 aromatic heterocycles. The molecule has 2 heteroatoms. The Bertz CT molecular complexity index is 257. The van der Waals surface area contributed by atoms with E-state index in [1.165, 1.54) is 19.3 Å². The second-order valence-electron chi connectivity index (χ2n) is 6.09. The third-order valence-electron chi connectivity index (χ3n) is 3.91. The molecule has 0 heterocycles. The summed E-state index contributed by atoms with van der Waals surface area (Å²) in [5.41, 5.74) is -0.0169. The quantitative estimate of drug-likeness (QED) is 0.662. The highest BCUT2D eigenvalue weighted by molar-refractivity contribution is 5.14. The molecule has 0 radical (unpaired) electrons. The van der Waals surface area contributed by atoms with Crippen molar-refractivity contribution in [2.75, 3.05) is 14.1 Å². The number of nitrogens with zero attached hydrogens (tertiary/aromatic N) is 2. The third-order valence-corrected chi connectivity index (χ3v) is 3.91. The largest absolute Gasteiger partial charge is 0.291 e. The first-order valence-electron chi connectivity index (χ1n) is 5.93. The van der Waals surface area contributed by atoms with E-state index in [-0.39, 0.29) is 11.0 Å². The van der Waals surface area contributed by atoms with E-state index in [0.717, 1.165) is 6.42 Å². The molecule has 1 saturated carbocycles. The van der Waals surface area contributed by atoms with Crippen LogP contribution in [0.5, 0.6) is 0 Å². The molecule has 0 bridgehead atoms. The molecule has 0 N–H and O–H groups in total. The third kappa shape index (κ3) is 2.18. The lowest BCUT2D eigenvalue weighted by Gasteiger charge is -2.49. The first-order chi connectivity index (χ1) is 6.84. The van der Waals surface area contributed by atoms with Crippen LogP contribution in [0.4, 0.5) is 0 Å². The van der Waals surface area contributed by atoms with Gasteiger partial charge < -0.3 is 0 Å². The van der Waals surface area contributed by atoms with Crippen LogP contribution in [0.1, 0.15) is 46.5 Å². The highest BCUT2D eigenvalue weighted by Crippen LogP contribution is 2.46. The molecular weight excluding hydrogens is 184 g/mol. The fraction of sp³-hybridized carbons (Fsp3) is 0.923. The minimum Gasteiger partial charge on any atom is -0.291 e. The van der Waals surface area contributed by atoms with Crippen LogP contribution in [0.25, 0.3) is 0 Å². The Hall–Kier alpha value is -0.550. The van der Waals surface area contributed by atoms with Crippen LogP contribution >= 0.6 is 0 Å². The molecule has 2 nitrogen and oxygen atoms in total. The summed E-state index contributed by atoms with van der Waals surface area (Å²) in [5.74, 6) is 0.485. The molecule has 0 amide bonds. The van der Waals surface area contributed by atoms with Crippen LogP contribution in [-0.4, -0.2) is 24.5 Å². The molecule has 1 aliphatic carbocycles. The number of hydrogen-bond acceptors (Lipinski definition) is 2. The van der Waals surface area contributed by atoms with E-state index in [9.17, 15) is 5.26 Å². The summed E-state index contributed by atoms with van der Waals surface area (Å²) >= 11 is 0. The normalized spacial score (nSPS) is 32.7. The molecular formula is C13H24N2. The molecule has 1 rings (SSSR count). The Morgan fingerprint density at radius 1 is 1.27 bits per heavy atom. The number of rotatable bonds is 1. The van der Waals surface area contributed by atoms with Crippen molar-refractivity contribution in [1.29, 1.82) is 5.26 Å². The molecule has 0 saturated heterocycles. The van der Waals surface area contributed by atoms with Crippen molar-refractivity contribution in [1.82, 2.24) is 4.90 Å². The van der Waals surface area contributed by atoms with Gasteiger partial charge in [0, 0.05) is 0 Å². The summed E-state index contributed by atoms with van der Waals surface area (Å²) in [6.07, 6.45) is 4.69. The van der Waals surface area contributed by atoms with Crippen LogP contribution in [-0.2, 0) is 0 Å². The van der Waals surface area contributed by atoms with Crippen molar-refractivity contribution in [2.45, 2.75) is 52.0 Å². The van der Waals surface area contributed by atoms with Gasteiger partial charge in [0.25, 0.3) is 0 Å². The summed E-state index contributed by atoms with van der Waals surface area (Å²) in [6, 6.07) is 2.60. The van der Waals surface area contributed by atoms with Gasteiger partial charge >= 0.3 is 0 Å². The van der Waals surface area contributed by atoms with Gasteiger partial charge in [0.2, 0.25) is 0 Å². The van der Waals surface area contributed by atoms with E-state index < -0.39 is 0 Å². The molecule has 0 aliphatic heterocycles. The van der Waals surface area contributed by atoms with E-state index in [1.54, 1.807) is 0 Å². The average Bonchev–Trinajstić information content (AvgIpc) is 2.16. The van der Waals surface area contributed by atoms with Crippen molar-refractivity contribution < 1.29 is 0 Å². The molecule has 2 atom stereocenters. The predicted molar refractivity (Wildman–Crippen MR) is 63.4 cm³/mol. The minimum absolute atomic E-state index is 0.223. The van der Waals surface area contributed by atoms with E-state index >= 15 is 0 Å². The Kier molecular flexibility index (Phi) is 3.45. The van der Waals surface area contributed by atoms with E-state index in [1.807, 2.05) is 14.1 Å². The Morgan fingerprint density at radius 3 is 2.20 bits per heavy atom. The van der Waals surface area contributed by atoms with Crippen LogP contribution in [0.3, 0.4) is 0 Å². The zero-order valence-corrected chi connectivity index (χ0v) is 10.8. The molecule has 0 aromatic carbocycles. The fourth-order valence-electron chi connectivity index (χ4n) is 3.07. The van der Waals surface area contributed by atoms with Gasteiger partial charge in [0.1, 0.15) is 5.54 Å². The lowest BCUT2D eigenvalue weighted by Crippen LogP contribution is -2.55. The molecule has 0 spiro atoms. The highest BCUT2D eigenvalue weighted by atomic mass is 15.2. The van der Waals surface area contributed by atoms with Crippen molar-refractivity contribution in [3.05, 3.63) is 0 Å². The highest BCUT2D eigenvalue weighted by Gasteiger charge is 2.47. The molecule has 86 valence electrons. The fourth-order valence-corrected chi connectivity index (χ4v) is 3.07. The van der Waals surface area contributed by atoms with Crippen molar-refractivity contribution in [3.8, 4) is 6.07 Å². The van der Waals surface area contributed by atoms with Crippen molar-refractivity contribution in [3.63, 3.8) is 0 Å². The Morgan fingerprint density at radius 2 is 1.87 bits per heavy atom. The van der Waals surface area contributed by atoms with Gasteiger partial charge in [-0.05, 0) is 38.3 Å². The first-order valence-corrected chi connectivity index (χ1v) is 5.93. The standard InChI is InChI=1S/C13H24N2/c1-12(2,3)11-8-6-7-9-13(11,10-14)15(4)5/h11H,6-9H2,1-5H3. The van der Waals surface area contributed by atoms with Crippen LogP contribution in [0.2, 0.25) is 0 Å². The van der Waals surface area contributed by atoms with Crippen LogP contribution in [0.15, 0.2) is 0 Å². The van der Waals surface area contributed by atoms with Gasteiger partial charge in [-0.1, -0.05) is 33.6 Å². The maximum absolute atomic E-state index is 9.55. The first kappa shape index (κ1) is 12.5. The topological polar surface area (TPSA) is 27.0 Å². The average molecular weight is 208 g/mol. The van der Waals surface area contributed by atoms with Gasteiger partial charge in [-0.2, -0.15) is 5.26 Å². The van der Waals surface area contributed by atoms with Gasteiger partial charge in [0.05, 0.1) is 6.07 Å². The van der Waals surface area contributed by atoms with Gasteiger partial charge in [0.15, 0.2) is 0 Å². The van der Waals surface area contributed by atoms with Gasteiger partial charge in [-0.3, -0.25) is 4.90 Å². The predicted octanol–water partition coefficient (Wildman–Crippen LogP) is 3.05. The van der Waals surface area contributed by atoms with E-state index in [4.69, 9.17) is 0 Å². The molecule has 2 unspecified atom stereocenters. The zero-order valence-electron chi connectivity index (χ0n) is 10.8. The van der Waals surface area contributed by atoms with Crippen LogP contribution < -0.4 is 0 Å². The molecule has 15 heavy (non-hydrogen) atoms. The minimum atomic E-state index is -0.240. The molecule has 0 aromatic rings. The van der Waals surface area contributed by atoms with E-state index in [0.29, 0.717) is 5.92 Å².